The number of amides is 2. The molecule has 0 saturated heterocycles. The van der Waals surface area contributed by atoms with Crippen molar-refractivity contribution in [3.63, 3.8) is 0 Å². The van der Waals surface area contributed by atoms with Gasteiger partial charge >= 0.3 is 6.03 Å². The first kappa shape index (κ1) is 21.5. The number of aromatic nitrogens is 2. The van der Waals surface area contributed by atoms with Gasteiger partial charge in [-0.05, 0) is 61.7 Å². The third-order valence-corrected chi connectivity index (χ3v) is 5.76. The van der Waals surface area contributed by atoms with Crippen LogP contribution in [0.15, 0.2) is 71.3 Å². The molecule has 0 aliphatic heterocycles. The Morgan fingerprint density at radius 3 is 2.62 bits per heavy atom. The summed E-state index contributed by atoms with van der Waals surface area (Å²) < 4.78 is 6.51. The molecule has 2 aromatic heterocycles. The number of hydrogen-bond donors (Lipinski definition) is 3. The van der Waals surface area contributed by atoms with Gasteiger partial charge in [-0.25, -0.2) is 4.79 Å². The van der Waals surface area contributed by atoms with Gasteiger partial charge < -0.3 is 20.2 Å². The van der Waals surface area contributed by atoms with Crippen LogP contribution in [0.25, 0.3) is 11.3 Å². The molecule has 1 aliphatic carbocycles. The molecule has 8 nitrogen and oxygen atoms in total. The number of phenolic OH excluding ortho intramolecular Hbond substituents is 1. The highest BCUT2D eigenvalue weighted by Gasteiger charge is 2.30. The Balaban J connectivity index is 1.39. The number of furan rings is 1. The molecule has 3 N–H and O–H groups in total. The molecule has 0 bridgehead atoms. The summed E-state index contributed by atoms with van der Waals surface area (Å²) in [6.07, 6.45) is 3.40. The predicted octanol–water partition coefficient (Wildman–Crippen LogP) is 5.04. The topological polar surface area (TPSA) is 109 Å². The maximum atomic E-state index is 13.0. The Morgan fingerprint density at radius 1 is 1.12 bits per heavy atom. The van der Waals surface area contributed by atoms with Crippen LogP contribution in [0.4, 0.5) is 10.5 Å². The van der Waals surface area contributed by atoms with Gasteiger partial charge in [0.15, 0.2) is 5.76 Å². The lowest BCUT2D eigenvalue weighted by molar-refractivity contribution is 0.0996. The first-order valence-corrected chi connectivity index (χ1v) is 11.1. The van der Waals surface area contributed by atoms with Crippen molar-refractivity contribution >= 4 is 17.6 Å². The largest absolute Gasteiger partial charge is 0.507 e. The summed E-state index contributed by atoms with van der Waals surface area (Å²) in [5.74, 6) is 0.0416. The highest BCUT2D eigenvalue weighted by Crippen LogP contribution is 2.42. The second-order valence-electron chi connectivity index (χ2n) is 8.45. The van der Waals surface area contributed by atoms with Crippen LogP contribution < -0.4 is 10.6 Å². The van der Waals surface area contributed by atoms with Crippen LogP contribution in [0.5, 0.6) is 5.75 Å². The van der Waals surface area contributed by atoms with Gasteiger partial charge in [-0.3, -0.25) is 4.79 Å². The van der Waals surface area contributed by atoms with Crippen molar-refractivity contribution in [1.82, 2.24) is 15.1 Å². The molecular formula is C26H24N4O4. The van der Waals surface area contributed by atoms with Crippen molar-refractivity contribution in [3.8, 4) is 17.0 Å². The van der Waals surface area contributed by atoms with Gasteiger partial charge in [0.2, 0.25) is 0 Å². The van der Waals surface area contributed by atoms with E-state index in [2.05, 4.69) is 15.7 Å². The molecule has 34 heavy (non-hydrogen) atoms. The van der Waals surface area contributed by atoms with Crippen molar-refractivity contribution in [1.29, 1.82) is 0 Å². The van der Waals surface area contributed by atoms with Gasteiger partial charge in [-0.2, -0.15) is 9.78 Å². The zero-order chi connectivity index (χ0) is 23.7. The van der Waals surface area contributed by atoms with E-state index in [9.17, 15) is 14.7 Å². The normalized spacial score (nSPS) is 13.0. The number of carbonyl (C=O) groups excluding carboxylic acids is 2. The van der Waals surface area contributed by atoms with E-state index >= 15 is 0 Å². The number of nitrogens with one attached hydrogen (secondary N) is 2. The molecule has 2 heterocycles. The lowest BCUT2D eigenvalue weighted by Gasteiger charge is -2.08. The quantitative estimate of drug-likeness (QED) is 0.352. The molecule has 0 unspecified atom stereocenters. The van der Waals surface area contributed by atoms with Crippen LogP contribution in [0.3, 0.4) is 0 Å². The molecule has 5 rings (SSSR count). The van der Waals surface area contributed by atoms with E-state index in [1.165, 1.54) is 17.0 Å². The zero-order valence-corrected chi connectivity index (χ0v) is 18.6. The van der Waals surface area contributed by atoms with Crippen LogP contribution in [-0.4, -0.2) is 26.8 Å². The molecule has 2 aromatic carbocycles. The highest BCUT2D eigenvalue weighted by molar-refractivity contribution is 6.02. The fourth-order valence-corrected chi connectivity index (χ4v) is 3.74. The van der Waals surface area contributed by atoms with Crippen LogP contribution in [0.2, 0.25) is 0 Å². The van der Waals surface area contributed by atoms with E-state index in [0.717, 1.165) is 29.7 Å². The molecule has 1 saturated carbocycles. The van der Waals surface area contributed by atoms with E-state index in [4.69, 9.17) is 4.42 Å². The highest BCUT2D eigenvalue weighted by atomic mass is 16.3. The fourth-order valence-electron chi connectivity index (χ4n) is 3.74. The minimum atomic E-state index is -0.402. The number of nitrogens with zero attached hydrogens (tertiary/aromatic N) is 2. The van der Waals surface area contributed by atoms with Gasteiger partial charge in [-0.1, -0.05) is 29.8 Å². The summed E-state index contributed by atoms with van der Waals surface area (Å²) in [5.41, 5.74) is 4.31. The van der Waals surface area contributed by atoms with Crippen molar-refractivity contribution in [2.45, 2.75) is 32.2 Å². The number of aromatic hydroxyl groups is 1. The van der Waals surface area contributed by atoms with Crippen molar-refractivity contribution < 1.29 is 19.1 Å². The van der Waals surface area contributed by atoms with Crippen LogP contribution in [0.1, 0.15) is 46.1 Å². The van der Waals surface area contributed by atoms with E-state index < -0.39 is 5.91 Å². The summed E-state index contributed by atoms with van der Waals surface area (Å²) in [6, 6.07) is 17.4. The maximum absolute atomic E-state index is 13.0. The average molecular weight is 457 g/mol. The Hall–Kier alpha value is -4.33. The summed E-state index contributed by atoms with van der Waals surface area (Å²) in [4.78, 5) is 25.3. The van der Waals surface area contributed by atoms with E-state index in [1.807, 2.05) is 37.3 Å². The standard InChI is InChI=1S/C26H24N4O4/c1-16-4-6-17(7-5-16)15-27-26(33)30-22(18-8-9-18)14-21(29-30)20-13-19(10-11-23(20)31)28-25(32)24-3-2-12-34-24/h2-7,10-14,18,31H,8-9,15H2,1H3,(H,27,33)(H,28,32). The predicted molar refractivity (Wildman–Crippen MR) is 127 cm³/mol. The fraction of sp³-hybridized carbons (Fsp3) is 0.192. The maximum Gasteiger partial charge on any atom is 0.342 e. The lowest BCUT2D eigenvalue weighted by atomic mass is 10.1. The SMILES string of the molecule is Cc1ccc(CNC(=O)n2nc(-c3cc(NC(=O)c4ccco4)ccc3O)cc2C2CC2)cc1. The summed E-state index contributed by atoms with van der Waals surface area (Å²) in [5, 5.41) is 20.7. The van der Waals surface area contributed by atoms with E-state index in [1.54, 1.807) is 24.3 Å². The molecule has 8 heteroatoms. The van der Waals surface area contributed by atoms with E-state index in [-0.39, 0.29) is 23.5 Å². The second kappa shape index (κ2) is 8.90. The van der Waals surface area contributed by atoms with Crippen LogP contribution in [0, 0.1) is 6.92 Å². The van der Waals surface area contributed by atoms with Gasteiger partial charge in [-0.15, -0.1) is 0 Å². The molecule has 4 aromatic rings. The van der Waals surface area contributed by atoms with Gasteiger partial charge in [0.1, 0.15) is 5.75 Å². The average Bonchev–Trinajstić information content (AvgIpc) is 3.34. The lowest BCUT2D eigenvalue weighted by Crippen LogP contribution is -2.30. The van der Waals surface area contributed by atoms with Gasteiger partial charge in [0.25, 0.3) is 5.91 Å². The number of anilines is 1. The number of carbonyl (C=O) groups is 2. The Labute approximate surface area is 196 Å². The third-order valence-electron chi connectivity index (χ3n) is 5.76. The number of phenols is 1. The minimum absolute atomic E-state index is 0.00283. The molecule has 0 spiro atoms. The number of rotatable bonds is 6. The number of aryl methyl sites for hydroxylation is 1. The smallest absolute Gasteiger partial charge is 0.342 e. The Bertz CT molecular complexity index is 1340. The van der Waals surface area contributed by atoms with E-state index in [0.29, 0.717) is 23.5 Å². The Morgan fingerprint density at radius 2 is 1.91 bits per heavy atom. The summed E-state index contributed by atoms with van der Waals surface area (Å²) >= 11 is 0. The van der Waals surface area contributed by atoms with Crippen LogP contribution >= 0.6 is 0 Å². The molecule has 0 atom stereocenters. The molecule has 0 radical (unpaired) electrons. The van der Waals surface area contributed by atoms with Crippen molar-refractivity contribution in [2.75, 3.05) is 5.32 Å². The van der Waals surface area contributed by atoms with Crippen molar-refractivity contribution in [2.24, 2.45) is 0 Å². The van der Waals surface area contributed by atoms with Gasteiger partial charge in [0, 0.05) is 23.7 Å². The zero-order valence-electron chi connectivity index (χ0n) is 18.6. The molecule has 172 valence electrons. The van der Waals surface area contributed by atoms with Gasteiger partial charge in [0.05, 0.1) is 17.7 Å². The molecule has 1 fully saturated rings. The molecular weight excluding hydrogens is 432 g/mol. The molecule has 1 aliphatic rings. The number of benzene rings is 2. The second-order valence-corrected chi connectivity index (χ2v) is 8.45. The molecule has 2 amide bonds. The van der Waals surface area contributed by atoms with Crippen LogP contribution in [-0.2, 0) is 6.54 Å². The minimum Gasteiger partial charge on any atom is -0.507 e. The Kier molecular flexibility index (Phi) is 5.63. The first-order valence-electron chi connectivity index (χ1n) is 11.1. The van der Waals surface area contributed by atoms with Crippen molar-refractivity contribution in [3.05, 3.63) is 89.5 Å². The third kappa shape index (κ3) is 4.56. The first-order chi connectivity index (χ1) is 16.5. The number of hydrogen-bond acceptors (Lipinski definition) is 5. The summed E-state index contributed by atoms with van der Waals surface area (Å²) in [6.45, 7) is 2.40. The summed E-state index contributed by atoms with van der Waals surface area (Å²) in [7, 11) is 0. The monoisotopic (exact) mass is 456 g/mol.